The lowest BCUT2D eigenvalue weighted by Crippen LogP contribution is -2.44. The molecule has 1 amide bonds. The molecule has 0 radical (unpaired) electrons. The van der Waals surface area contributed by atoms with E-state index >= 15 is 0 Å². The third-order valence-corrected chi connectivity index (χ3v) is 4.37. The summed E-state index contributed by atoms with van der Waals surface area (Å²) in [5.74, 6) is 0.0788. The van der Waals surface area contributed by atoms with E-state index in [1.807, 2.05) is 32.9 Å². The highest BCUT2D eigenvalue weighted by molar-refractivity contribution is 6.42. The number of hydrogen-bond acceptors (Lipinski definition) is 3. The maximum Gasteiger partial charge on any atom is 0.221 e. The molecule has 0 unspecified atom stereocenters. The SMILES string of the molecule is CC(C)(C)NC(=O)CCN1CCO[C@@H](c2ccc(Cl)c(Cl)c2)C1. The van der Waals surface area contributed by atoms with Gasteiger partial charge in [-0.3, -0.25) is 9.69 Å². The molecule has 0 bridgehead atoms. The zero-order chi connectivity index (χ0) is 17.0. The minimum atomic E-state index is -0.190. The molecule has 1 aromatic carbocycles. The van der Waals surface area contributed by atoms with Crippen LogP contribution >= 0.6 is 23.2 Å². The average molecular weight is 359 g/mol. The van der Waals surface area contributed by atoms with Gasteiger partial charge in [-0.25, -0.2) is 0 Å². The first-order chi connectivity index (χ1) is 10.7. The molecule has 0 saturated carbocycles. The molecule has 0 aliphatic carbocycles. The van der Waals surface area contributed by atoms with Crippen LogP contribution in [-0.4, -0.2) is 42.6 Å². The molecular weight excluding hydrogens is 335 g/mol. The molecule has 2 rings (SSSR count). The van der Waals surface area contributed by atoms with Crippen LogP contribution in [0.5, 0.6) is 0 Å². The Morgan fingerprint density at radius 2 is 2.09 bits per heavy atom. The van der Waals surface area contributed by atoms with Crippen molar-refractivity contribution in [3.05, 3.63) is 33.8 Å². The summed E-state index contributed by atoms with van der Waals surface area (Å²) in [6.07, 6.45) is 0.454. The van der Waals surface area contributed by atoms with Crippen molar-refractivity contribution < 1.29 is 9.53 Å². The molecule has 1 saturated heterocycles. The maximum absolute atomic E-state index is 11.9. The van der Waals surface area contributed by atoms with E-state index in [2.05, 4.69) is 10.2 Å². The van der Waals surface area contributed by atoms with E-state index in [1.165, 1.54) is 0 Å². The molecule has 23 heavy (non-hydrogen) atoms. The van der Waals surface area contributed by atoms with Gasteiger partial charge >= 0.3 is 0 Å². The van der Waals surface area contributed by atoms with Gasteiger partial charge in [-0.2, -0.15) is 0 Å². The minimum Gasteiger partial charge on any atom is -0.371 e. The Kier molecular flexibility index (Phi) is 6.32. The number of carbonyl (C=O) groups is 1. The normalized spacial score (nSPS) is 19.6. The van der Waals surface area contributed by atoms with E-state index in [4.69, 9.17) is 27.9 Å². The summed E-state index contributed by atoms with van der Waals surface area (Å²) in [4.78, 5) is 14.2. The molecule has 128 valence electrons. The molecule has 4 nitrogen and oxygen atoms in total. The standard InChI is InChI=1S/C17H24Cl2N2O2/c1-17(2,3)20-16(22)6-7-21-8-9-23-15(11-21)12-4-5-13(18)14(19)10-12/h4-5,10,15H,6-9,11H2,1-3H3,(H,20,22)/t15-/m1/s1. The van der Waals surface area contributed by atoms with Gasteiger partial charge in [0.15, 0.2) is 0 Å². The molecule has 1 heterocycles. The second-order valence-corrected chi connectivity index (χ2v) is 7.70. The number of carbonyl (C=O) groups excluding carboxylic acids is 1. The van der Waals surface area contributed by atoms with E-state index in [0.717, 1.165) is 25.2 Å². The molecule has 1 N–H and O–H groups in total. The number of benzene rings is 1. The lowest BCUT2D eigenvalue weighted by atomic mass is 10.1. The number of nitrogens with zero attached hydrogens (tertiary/aromatic N) is 1. The number of amides is 1. The van der Waals surface area contributed by atoms with Gasteiger partial charge in [0, 0.05) is 31.6 Å². The smallest absolute Gasteiger partial charge is 0.221 e. The van der Waals surface area contributed by atoms with Crippen LogP contribution < -0.4 is 5.32 Å². The Labute approximate surface area is 148 Å². The third-order valence-electron chi connectivity index (χ3n) is 3.64. The zero-order valence-electron chi connectivity index (χ0n) is 13.9. The van der Waals surface area contributed by atoms with Crippen LogP contribution in [0, 0.1) is 0 Å². The average Bonchev–Trinajstić information content (AvgIpc) is 2.46. The molecule has 1 aliphatic heterocycles. The summed E-state index contributed by atoms with van der Waals surface area (Å²) in [5.41, 5.74) is 0.827. The van der Waals surface area contributed by atoms with Crippen molar-refractivity contribution >= 4 is 29.1 Å². The molecule has 0 spiro atoms. The number of nitrogens with one attached hydrogen (secondary N) is 1. The van der Waals surface area contributed by atoms with E-state index in [-0.39, 0.29) is 17.6 Å². The Balaban J connectivity index is 1.88. The number of halogens is 2. The molecule has 1 aliphatic rings. The number of morpholine rings is 1. The first-order valence-corrected chi connectivity index (χ1v) is 8.60. The molecule has 1 atom stereocenters. The first-order valence-electron chi connectivity index (χ1n) is 7.84. The van der Waals surface area contributed by atoms with E-state index in [0.29, 0.717) is 23.1 Å². The van der Waals surface area contributed by atoms with Crippen LogP contribution in [0.2, 0.25) is 10.0 Å². The fourth-order valence-electron chi connectivity index (χ4n) is 2.56. The largest absolute Gasteiger partial charge is 0.371 e. The molecule has 1 aromatic rings. The Morgan fingerprint density at radius 1 is 1.35 bits per heavy atom. The summed E-state index contributed by atoms with van der Waals surface area (Å²) in [6, 6.07) is 5.58. The quantitative estimate of drug-likeness (QED) is 0.892. The Bertz CT molecular complexity index is 558. The van der Waals surface area contributed by atoms with Gasteiger partial charge in [-0.05, 0) is 38.5 Å². The lowest BCUT2D eigenvalue weighted by Gasteiger charge is -2.33. The van der Waals surface area contributed by atoms with Crippen molar-refractivity contribution in [1.29, 1.82) is 0 Å². The summed E-state index contributed by atoms with van der Waals surface area (Å²) in [5, 5.41) is 4.07. The van der Waals surface area contributed by atoms with Crippen molar-refractivity contribution in [2.24, 2.45) is 0 Å². The van der Waals surface area contributed by atoms with Gasteiger partial charge in [-0.15, -0.1) is 0 Å². The maximum atomic E-state index is 11.9. The second-order valence-electron chi connectivity index (χ2n) is 6.88. The Hall–Kier alpha value is -0.810. The number of hydrogen-bond donors (Lipinski definition) is 1. The van der Waals surface area contributed by atoms with Gasteiger partial charge in [0.2, 0.25) is 5.91 Å². The van der Waals surface area contributed by atoms with Gasteiger partial charge in [0.05, 0.1) is 22.8 Å². The van der Waals surface area contributed by atoms with E-state index < -0.39 is 0 Å². The Morgan fingerprint density at radius 3 is 2.74 bits per heavy atom. The highest BCUT2D eigenvalue weighted by Crippen LogP contribution is 2.29. The minimum absolute atomic E-state index is 0.0378. The van der Waals surface area contributed by atoms with Gasteiger partial charge < -0.3 is 10.1 Å². The number of ether oxygens (including phenoxy) is 1. The predicted octanol–water partition coefficient (Wildman–Crippen LogP) is 3.67. The van der Waals surface area contributed by atoms with Crippen LogP contribution in [0.25, 0.3) is 0 Å². The molecule has 0 aromatic heterocycles. The van der Waals surface area contributed by atoms with Crippen LogP contribution in [-0.2, 0) is 9.53 Å². The zero-order valence-corrected chi connectivity index (χ0v) is 15.4. The number of rotatable bonds is 4. The molecular formula is C17H24Cl2N2O2. The summed E-state index contributed by atoms with van der Waals surface area (Å²) in [7, 11) is 0. The van der Waals surface area contributed by atoms with Crippen LogP contribution in [0.3, 0.4) is 0 Å². The van der Waals surface area contributed by atoms with E-state index in [1.54, 1.807) is 6.07 Å². The monoisotopic (exact) mass is 358 g/mol. The fourth-order valence-corrected chi connectivity index (χ4v) is 2.87. The molecule has 6 heteroatoms. The first kappa shape index (κ1) is 18.5. The van der Waals surface area contributed by atoms with Gasteiger partial charge in [0.25, 0.3) is 0 Å². The third kappa shape index (κ3) is 5.96. The topological polar surface area (TPSA) is 41.6 Å². The summed E-state index contributed by atoms with van der Waals surface area (Å²) < 4.78 is 5.83. The van der Waals surface area contributed by atoms with Crippen LogP contribution in [0.1, 0.15) is 38.9 Å². The summed E-state index contributed by atoms with van der Waals surface area (Å²) in [6.45, 7) is 8.91. The van der Waals surface area contributed by atoms with Crippen LogP contribution in [0.15, 0.2) is 18.2 Å². The predicted molar refractivity (Wildman–Crippen MR) is 94.1 cm³/mol. The van der Waals surface area contributed by atoms with Crippen molar-refractivity contribution in [2.75, 3.05) is 26.2 Å². The summed E-state index contributed by atoms with van der Waals surface area (Å²) >= 11 is 12.0. The highest BCUT2D eigenvalue weighted by atomic mass is 35.5. The van der Waals surface area contributed by atoms with Gasteiger partial charge in [0.1, 0.15) is 0 Å². The second kappa shape index (κ2) is 7.84. The van der Waals surface area contributed by atoms with Crippen molar-refractivity contribution in [2.45, 2.75) is 38.8 Å². The highest BCUT2D eigenvalue weighted by Gasteiger charge is 2.23. The lowest BCUT2D eigenvalue weighted by molar-refractivity contribution is -0.123. The van der Waals surface area contributed by atoms with Crippen molar-refractivity contribution in [3.8, 4) is 0 Å². The van der Waals surface area contributed by atoms with Crippen LogP contribution in [0.4, 0.5) is 0 Å². The van der Waals surface area contributed by atoms with Crippen molar-refractivity contribution in [3.63, 3.8) is 0 Å². The van der Waals surface area contributed by atoms with Crippen molar-refractivity contribution in [1.82, 2.24) is 10.2 Å². The van der Waals surface area contributed by atoms with E-state index in [9.17, 15) is 4.79 Å². The van der Waals surface area contributed by atoms with Gasteiger partial charge in [-0.1, -0.05) is 29.3 Å². The fraction of sp³-hybridized carbons (Fsp3) is 0.588. The molecule has 1 fully saturated rings.